The van der Waals surface area contributed by atoms with E-state index in [0.29, 0.717) is 25.0 Å². The van der Waals surface area contributed by atoms with E-state index in [-0.39, 0.29) is 24.6 Å². The van der Waals surface area contributed by atoms with E-state index in [1.54, 1.807) is 43.4 Å². The molecule has 1 aromatic carbocycles. The molecule has 0 amide bonds. The first kappa shape index (κ1) is 23.2. The Morgan fingerprint density at radius 1 is 1.25 bits per heavy atom. The van der Waals surface area contributed by atoms with Crippen LogP contribution in [0, 0.1) is 29.5 Å². The van der Waals surface area contributed by atoms with Crippen LogP contribution in [0.25, 0.3) is 0 Å². The molecular weight excluding hydrogens is 359 g/mol. The van der Waals surface area contributed by atoms with Gasteiger partial charge in [-0.15, -0.1) is 0 Å². The second kappa shape index (κ2) is 14.2. The van der Waals surface area contributed by atoms with Crippen LogP contribution < -0.4 is 0 Å². The van der Waals surface area contributed by atoms with Gasteiger partial charge in [0.1, 0.15) is 11.9 Å². The Morgan fingerprint density at radius 3 is 2.71 bits per heavy atom. The molecule has 0 bridgehead atoms. The molecule has 28 heavy (non-hydrogen) atoms. The van der Waals surface area contributed by atoms with E-state index < -0.39 is 12.2 Å². The minimum atomic E-state index is -0.796. The molecule has 5 heteroatoms. The van der Waals surface area contributed by atoms with Crippen molar-refractivity contribution in [2.24, 2.45) is 0 Å². The molecular formula is C23H25FO4. The second-order valence-corrected chi connectivity index (χ2v) is 5.83. The maximum atomic E-state index is 12.8. The molecule has 0 heterocycles. The lowest BCUT2D eigenvalue weighted by molar-refractivity contribution is -0.143. The van der Waals surface area contributed by atoms with Gasteiger partial charge in [-0.2, -0.15) is 0 Å². The summed E-state index contributed by atoms with van der Waals surface area (Å²) in [4.78, 5) is 11.2. The quantitative estimate of drug-likeness (QED) is 0.411. The summed E-state index contributed by atoms with van der Waals surface area (Å²) in [5.74, 6) is 10.5. The van der Waals surface area contributed by atoms with E-state index in [4.69, 9.17) is 4.74 Å². The van der Waals surface area contributed by atoms with Gasteiger partial charge in [0.05, 0.1) is 12.7 Å². The van der Waals surface area contributed by atoms with Crippen LogP contribution in [-0.2, 0) is 9.53 Å². The van der Waals surface area contributed by atoms with Crippen molar-refractivity contribution in [3.8, 4) is 23.7 Å². The predicted octanol–water partition coefficient (Wildman–Crippen LogP) is 3.14. The van der Waals surface area contributed by atoms with Gasteiger partial charge in [0.25, 0.3) is 0 Å². The number of benzene rings is 1. The fourth-order valence-electron chi connectivity index (χ4n) is 2.04. The van der Waals surface area contributed by atoms with Gasteiger partial charge in [-0.1, -0.05) is 41.9 Å². The van der Waals surface area contributed by atoms with E-state index >= 15 is 0 Å². The number of carbonyl (C=O) groups excluding carboxylic acids is 1. The van der Waals surface area contributed by atoms with Crippen LogP contribution in [0.2, 0.25) is 0 Å². The van der Waals surface area contributed by atoms with E-state index in [1.165, 1.54) is 12.1 Å². The van der Waals surface area contributed by atoms with Gasteiger partial charge < -0.3 is 14.9 Å². The number of hydrogen-bond donors (Lipinski definition) is 2. The third-order valence-corrected chi connectivity index (χ3v) is 3.43. The number of aliphatic hydroxyl groups is 2. The summed E-state index contributed by atoms with van der Waals surface area (Å²) in [7, 11) is 0. The number of hydrogen-bond acceptors (Lipinski definition) is 4. The normalized spacial score (nSPS) is 12.7. The summed E-state index contributed by atoms with van der Waals surface area (Å²) in [5, 5.41) is 19.5. The smallest absolute Gasteiger partial charge is 0.305 e. The number of halogens is 1. The van der Waals surface area contributed by atoms with Crippen molar-refractivity contribution in [1.29, 1.82) is 0 Å². The Morgan fingerprint density at radius 2 is 2.00 bits per heavy atom. The highest BCUT2D eigenvalue weighted by atomic mass is 19.1. The molecule has 1 rings (SSSR count). The third-order valence-electron chi connectivity index (χ3n) is 3.43. The van der Waals surface area contributed by atoms with Crippen LogP contribution in [0.5, 0.6) is 0 Å². The highest BCUT2D eigenvalue weighted by Crippen LogP contribution is 2.02. The van der Waals surface area contributed by atoms with Crippen molar-refractivity contribution in [2.45, 2.75) is 44.8 Å². The summed E-state index contributed by atoms with van der Waals surface area (Å²) < 4.78 is 17.6. The number of rotatable bonds is 8. The Kier molecular flexibility index (Phi) is 11.8. The molecule has 0 saturated carbocycles. The summed E-state index contributed by atoms with van der Waals surface area (Å²) in [6.07, 6.45) is 6.36. The minimum absolute atomic E-state index is 0.257. The Balaban J connectivity index is 2.27. The highest BCUT2D eigenvalue weighted by Gasteiger charge is 2.04. The van der Waals surface area contributed by atoms with Gasteiger partial charge in [-0.3, -0.25) is 4.79 Å². The van der Waals surface area contributed by atoms with Gasteiger partial charge in [0.15, 0.2) is 0 Å². The molecule has 4 nitrogen and oxygen atoms in total. The van der Waals surface area contributed by atoms with Gasteiger partial charge in [0.2, 0.25) is 0 Å². The number of allylic oxidation sites excluding steroid dienone is 3. The SMILES string of the molecule is CCOC(=O)CCCC(O)C#CC=CC=CC(O)CC#Cc1ccc(F)cc1. The molecule has 0 aliphatic heterocycles. The lowest BCUT2D eigenvalue weighted by Crippen LogP contribution is -2.07. The Labute approximate surface area is 165 Å². The zero-order valence-electron chi connectivity index (χ0n) is 15.9. The highest BCUT2D eigenvalue weighted by molar-refractivity contribution is 5.69. The zero-order chi connectivity index (χ0) is 20.6. The first-order valence-electron chi connectivity index (χ1n) is 9.12. The van der Waals surface area contributed by atoms with E-state index in [9.17, 15) is 19.4 Å². The van der Waals surface area contributed by atoms with Gasteiger partial charge in [-0.05, 0) is 50.1 Å². The molecule has 0 fully saturated rings. The molecule has 148 valence electrons. The van der Waals surface area contributed by atoms with Crippen molar-refractivity contribution in [3.63, 3.8) is 0 Å². The van der Waals surface area contributed by atoms with Gasteiger partial charge in [0, 0.05) is 18.4 Å². The van der Waals surface area contributed by atoms with E-state index in [2.05, 4.69) is 23.7 Å². The van der Waals surface area contributed by atoms with Crippen molar-refractivity contribution in [2.75, 3.05) is 6.61 Å². The number of aliphatic hydroxyl groups excluding tert-OH is 2. The first-order chi connectivity index (χ1) is 13.5. The second-order valence-electron chi connectivity index (χ2n) is 5.83. The molecule has 2 atom stereocenters. The maximum absolute atomic E-state index is 12.8. The molecule has 0 spiro atoms. The summed E-state index contributed by atoms with van der Waals surface area (Å²) in [5.41, 5.74) is 0.688. The van der Waals surface area contributed by atoms with Crippen LogP contribution in [0.4, 0.5) is 4.39 Å². The number of esters is 1. The average Bonchev–Trinajstić information content (AvgIpc) is 2.66. The molecule has 0 radical (unpaired) electrons. The lowest BCUT2D eigenvalue weighted by atomic mass is 10.1. The van der Waals surface area contributed by atoms with E-state index in [1.807, 2.05) is 0 Å². The van der Waals surface area contributed by atoms with E-state index in [0.717, 1.165) is 0 Å². The molecule has 2 N–H and O–H groups in total. The Hall–Kier alpha value is -2.86. The molecule has 2 unspecified atom stereocenters. The predicted molar refractivity (Wildman–Crippen MR) is 106 cm³/mol. The van der Waals surface area contributed by atoms with Crippen molar-refractivity contribution in [3.05, 3.63) is 60.0 Å². The molecule has 1 aromatic rings. The van der Waals surface area contributed by atoms with Crippen molar-refractivity contribution in [1.82, 2.24) is 0 Å². The first-order valence-corrected chi connectivity index (χ1v) is 9.12. The largest absolute Gasteiger partial charge is 0.466 e. The summed E-state index contributed by atoms with van der Waals surface area (Å²) in [6, 6.07) is 5.83. The molecule has 0 aliphatic carbocycles. The summed E-state index contributed by atoms with van der Waals surface area (Å²) >= 11 is 0. The van der Waals surface area contributed by atoms with Crippen LogP contribution in [-0.4, -0.2) is 35.0 Å². The number of ether oxygens (including phenoxy) is 1. The monoisotopic (exact) mass is 384 g/mol. The van der Waals surface area contributed by atoms with Crippen molar-refractivity contribution < 1.29 is 24.1 Å². The van der Waals surface area contributed by atoms with Crippen LogP contribution in [0.15, 0.2) is 48.6 Å². The average molecular weight is 384 g/mol. The maximum Gasteiger partial charge on any atom is 0.305 e. The molecule has 0 aliphatic rings. The summed E-state index contributed by atoms with van der Waals surface area (Å²) in [6.45, 7) is 2.11. The minimum Gasteiger partial charge on any atom is -0.466 e. The Bertz CT molecular complexity index is 773. The van der Waals surface area contributed by atoms with Crippen LogP contribution in [0.3, 0.4) is 0 Å². The molecule has 0 saturated heterocycles. The fourth-order valence-corrected chi connectivity index (χ4v) is 2.04. The number of carbonyl (C=O) groups is 1. The standard InChI is InChI=1S/C23H25FO4/c1-2-28-23(27)14-8-13-22(26)11-6-4-3-5-10-21(25)12-7-9-19-15-17-20(24)18-16-19/h3-5,10,15-18,21-22,25-26H,2,8,12-14H2,1H3. The van der Waals surface area contributed by atoms with Gasteiger partial charge in [-0.25, -0.2) is 4.39 Å². The molecule has 0 aromatic heterocycles. The lowest BCUT2D eigenvalue weighted by Gasteiger charge is -2.03. The van der Waals surface area contributed by atoms with Gasteiger partial charge >= 0.3 is 5.97 Å². The third kappa shape index (κ3) is 11.7. The van der Waals surface area contributed by atoms with Crippen LogP contribution in [0.1, 0.15) is 38.2 Å². The topological polar surface area (TPSA) is 66.8 Å². The van der Waals surface area contributed by atoms with Crippen molar-refractivity contribution >= 4 is 5.97 Å². The van der Waals surface area contributed by atoms with Crippen LogP contribution >= 0.6 is 0 Å². The fraction of sp³-hybridized carbons (Fsp3) is 0.348. The zero-order valence-corrected chi connectivity index (χ0v) is 15.9.